The Morgan fingerprint density at radius 1 is 0.488 bits per heavy atom. The van der Waals surface area contributed by atoms with Gasteiger partial charge in [-0.2, -0.15) is 0 Å². The summed E-state index contributed by atoms with van der Waals surface area (Å²) in [4.78, 5) is 15.4. The molecule has 0 atom stereocenters. The van der Waals surface area contributed by atoms with Gasteiger partial charge in [0.05, 0.1) is 0 Å². The summed E-state index contributed by atoms with van der Waals surface area (Å²) in [5, 5.41) is 0. The summed E-state index contributed by atoms with van der Waals surface area (Å²) in [6, 6.07) is 40.9. The Kier molecular flexibility index (Phi) is 4.70. The minimum Gasteiger partial charge on any atom is -0.295 e. The van der Waals surface area contributed by atoms with Crippen molar-refractivity contribution < 1.29 is 0 Å². The Morgan fingerprint density at radius 2 is 1.05 bits per heavy atom. The predicted octanol–water partition coefficient (Wildman–Crippen LogP) is 8.29. The van der Waals surface area contributed by atoms with Crippen LogP contribution in [0.1, 0.15) is 22.3 Å². The van der Waals surface area contributed by atoms with Crippen LogP contribution in [0.4, 0.5) is 0 Å². The molecular formula is C37H24N4. The van der Waals surface area contributed by atoms with Crippen molar-refractivity contribution in [2.24, 2.45) is 0 Å². The third-order valence-corrected chi connectivity index (χ3v) is 8.57. The molecule has 5 aromatic carbocycles. The highest BCUT2D eigenvalue weighted by atomic mass is 15.1. The Labute approximate surface area is 237 Å². The lowest BCUT2D eigenvalue weighted by atomic mass is 9.96. The molecule has 0 amide bonds. The number of para-hydroxylation sites is 1. The fourth-order valence-electron chi connectivity index (χ4n) is 6.78. The van der Waals surface area contributed by atoms with Crippen LogP contribution in [0, 0.1) is 0 Å². The number of rotatable bonds is 3. The quantitative estimate of drug-likeness (QED) is 0.234. The molecule has 0 bridgehead atoms. The maximum Gasteiger partial charge on any atom is 0.182 e. The van der Waals surface area contributed by atoms with Gasteiger partial charge >= 0.3 is 0 Å². The van der Waals surface area contributed by atoms with E-state index in [0.717, 1.165) is 40.9 Å². The second-order valence-electron chi connectivity index (χ2n) is 10.9. The van der Waals surface area contributed by atoms with E-state index in [2.05, 4.69) is 114 Å². The highest BCUT2D eigenvalue weighted by Crippen LogP contribution is 2.46. The highest BCUT2D eigenvalue weighted by Gasteiger charge is 2.27. The van der Waals surface area contributed by atoms with Gasteiger partial charge < -0.3 is 0 Å². The van der Waals surface area contributed by atoms with Crippen LogP contribution < -0.4 is 0 Å². The van der Waals surface area contributed by atoms with Crippen LogP contribution in [0.25, 0.3) is 61.8 Å². The fourth-order valence-corrected chi connectivity index (χ4v) is 6.78. The number of nitrogens with zero attached hydrogens (tertiary/aromatic N) is 4. The lowest BCUT2D eigenvalue weighted by molar-refractivity contribution is 1.09. The zero-order valence-corrected chi connectivity index (χ0v) is 22.3. The van der Waals surface area contributed by atoms with Crippen molar-refractivity contribution >= 4 is 11.2 Å². The van der Waals surface area contributed by atoms with Gasteiger partial charge in [0.2, 0.25) is 0 Å². The minimum absolute atomic E-state index is 0.696. The Bertz CT molecular complexity index is 2160. The van der Waals surface area contributed by atoms with Crippen LogP contribution in [0.5, 0.6) is 0 Å². The number of hydrogen-bond acceptors (Lipinski definition) is 3. The second kappa shape index (κ2) is 8.57. The molecule has 0 unspecified atom stereocenters. The average Bonchev–Trinajstić information content (AvgIpc) is 3.74. The minimum atomic E-state index is 0.696. The lowest BCUT2D eigenvalue weighted by Crippen LogP contribution is -2.01. The van der Waals surface area contributed by atoms with E-state index >= 15 is 0 Å². The zero-order chi connectivity index (χ0) is 26.9. The molecule has 2 aliphatic rings. The molecule has 41 heavy (non-hydrogen) atoms. The second-order valence-corrected chi connectivity index (χ2v) is 10.9. The molecule has 2 heterocycles. The van der Waals surface area contributed by atoms with Crippen LogP contribution in [0.15, 0.2) is 122 Å². The Balaban J connectivity index is 1.36. The van der Waals surface area contributed by atoms with Crippen LogP contribution in [0.3, 0.4) is 0 Å². The van der Waals surface area contributed by atoms with Gasteiger partial charge in [0, 0.05) is 16.8 Å². The third-order valence-electron chi connectivity index (χ3n) is 8.57. The molecule has 0 fully saturated rings. The first-order valence-corrected chi connectivity index (χ1v) is 14.0. The van der Waals surface area contributed by atoms with Gasteiger partial charge in [0.25, 0.3) is 0 Å². The van der Waals surface area contributed by atoms with E-state index in [1.54, 1.807) is 0 Å². The van der Waals surface area contributed by atoms with Crippen LogP contribution in [-0.2, 0) is 12.8 Å². The van der Waals surface area contributed by atoms with Crippen LogP contribution >= 0.6 is 0 Å². The Hall–Kier alpha value is -5.35. The van der Waals surface area contributed by atoms with Crippen molar-refractivity contribution in [3.63, 3.8) is 0 Å². The zero-order valence-electron chi connectivity index (χ0n) is 22.3. The number of fused-ring (bicyclic) bond motifs is 7. The van der Waals surface area contributed by atoms with Crippen molar-refractivity contribution in [2.45, 2.75) is 12.8 Å². The molecule has 0 N–H and O–H groups in total. The highest BCUT2D eigenvalue weighted by molar-refractivity contribution is 5.99. The standard InChI is InChI=1S/C37H24N4/c1-2-14-27(15-3-1)41-22-38-37-35(41)34(30-18-8-12-25-20-23-10-4-6-16-28(23)32(25)30)39-36(40-37)31-19-9-13-26-21-24-11-5-7-17-29(24)33(26)31/h1-19,22H,20-21H2. The molecule has 0 saturated carbocycles. The number of benzene rings is 5. The van der Waals surface area contributed by atoms with Crippen molar-refractivity contribution in [1.82, 2.24) is 19.5 Å². The normalized spacial score (nSPS) is 12.7. The van der Waals surface area contributed by atoms with Gasteiger partial charge in [0.1, 0.15) is 17.5 Å². The smallest absolute Gasteiger partial charge is 0.182 e. The molecule has 0 spiro atoms. The summed E-state index contributed by atoms with van der Waals surface area (Å²) in [5.74, 6) is 0.711. The molecule has 0 saturated heterocycles. The first-order chi connectivity index (χ1) is 20.3. The summed E-state index contributed by atoms with van der Waals surface area (Å²) in [5.41, 5.74) is 16.1. The predicted molar refractivity (Wildman–Crippen MR) is 164 cm³/mol. The molecule has 2 aliphatic carbocycles. The van der Waals surface area contributed by atoms with Crippen molar-refractivity contribution in [3.05, 3.63) is 144 Å². The molecule has 0 aliphatic heterocycles. The van der Waals surface area contributed by atoms with Gasteiger partial charge in [0.15, 0.2) is 11.5 Å². The molecule has 4 heteroatoms. The average molecular weight is 525 g/mol. The first-order valence-electron chi connectivity index (χ1n) is 14.0. The topological polar surface area (TPSA) is 43.6 Å². The van der Waals surface area contributed by atoms with Crippen molar-refractivity contribution in [1.29, 1.82) is 0 Å². The molecule has 4 nitrogen and oxygen atoms in total. The largest absolute Gasteiger partial charge is 0.295 e. The molecule has 9 rings (SSSR count). The van der Waals surface area contributed by atoms with E-state index in [-0.39, 0.29) is 0 Å². The monoisotopic (exact) mass is 524 g/mol. The summed E-state index contributed by atoms with van der Waals surface area (Å²) in [7, 11) is 0. The first kappa shape index (κ1) is 22.5. The van der Waals surface area contributed by atoms with Gasteiger partial charge in [-0.15, -0.1) is 0 Å². The number of aromatic nitrogens is 4. The van der Waals surface area contributed by atoms with E-state index in [4.69, 9.17) is 15.0 Å². The molecule has 7 aromatic rings. The van der Waals surface area contributed by atoms with E-state index in [1.807, 2.05) is 12.4 Å². The molecular weight excluding hydrogens is 500 g/mol. The molecule has 0 radical (unpaired) electrons. The van der Waals surface area contributed by atoms with Crippen molar-refractivity contribution in [2.75, 3.05) is 0 Å². The van der Waals surface area contributed by atoms with Crippen LogP contribution in [0.2, 0.25) is 0 Å². The maximum absolute atomic E-state index is 5.43. The lowest BCUT2D eigenvalue weighted by Gasteiger charge is -2.15. The SMILES string of the molecule is c1ccc(-n2cnc3nc(-c4cccc5c4-c4ccccc4C5)nc(-c4cccc5c4-c4ccccc4C5)c32)cc1. The molecule has 192 valence electrons. The fraction of sp³-hybridized carbons (Fsp3) is 0.0541. The summed E-state index contributed by atoms with van der Waals surface area (Å²) in [6.45, 7) is 0. The van der Waals surface area contributed by atoms with E-state index in [9.17, 15) is 0 Å². The van der Waals surface area contributed by atoms with Crippen LogP contribution in [-0.4, -0.2) is 19.5 Å². The van der Waals surface area contributed by atoms with E-state index < -0.39 is 0 Å². The van der Waals surface area contributed by atoms with E-state index in [1.165, 1.54) is 44.5 Å². The van der Waals surface area contributed by atoms with Gasteiger partial charge in [-0.25, -0.2) is 15.0 Å². The Morgan fingerprint density at radius 3 is 1.76 bits per heavy atom. The number of hydrogen-bond donors (Lipinski definition) is 0. The van der Waals surface area contributed by atoms with Crippen molar-refractivity contribution in [3.8, 4) is 50.6 Å². The van der Waals surface area contributed by atoms with Gasteiger partial charge in [-0.3, -0.25) is 4.57 Å². The van der Waals surface area contributed by atoms with Gasteiger partial charge in [-0.05, 0) is 69.5 Å². The number of imidazole rings is 1. The summed E-state index contributed by atoms with van der Waals surface area (Å²) in [6.07, 6.45) is 3.74. The summed E-state index contributed by atoms with van der Waals surface area (Å²) >= 11 is 0. The summed E-state index contributed by atoms with van der Waals surface area (Å²) < 4.78 is 2.12. The molecule has 2 aromatic heterocycles. The van der Waals surface area contributed by atoms with Gasteiger partial charge in [-0.1, -0.05) is 103 Å². The van der Waals surface area contributed by atoms with E-state index in [0.29, 0.717) is 11.5 Å². The maximum atomic E-state index is 5.43. The third kappa shape index (κ3) is 3.31.